The molecule has 1 atom stereocenters. The van der Waals surface area contributed by atoms with Crippen LogP contribution in [0.25, 0.3) is 0 Å². The van der Waals surface area contributed by atoms with E-state index in [-0.39, 0.29) is 17.7 Å². The lowest BCUT2D eigenvalue weighted by Crippen LogP contribution is -2.55. The van der Waals surface area contributed by atoms with E-state index in [9.17, 15) is 9.90 Å². The fourth-order valence-electron chi connectivity index (χ4n) is 3.29. The highest BCUT2D eigenvalue weighted by molar-refractivity contribution is 5.80. The molecule has 0 radical (unpaired) electrons. The van der Waals surface area contributed by atoms with Gasteiger partial charge in [-0.25, -0.2) is 0 Å². The van der Waals surface area contributed by atoms with Gasteiger partial charge < -0.3 is 10.0 Å². The lowest BCUT2D eigenvalue weighted by Gasteiger charge is -2.40. The first kappa shape index (κ1) is 19.9. The van der Waals surface area contributed by atoms with E-state index in [0.717, 1.165) is 32.6 Å². The summed E-state index contributed by atoms with van der Waals surface area (Å²) in [6, 6.07) is 8.58. The molecule has 5 heteroatoms. The Bertz CT molecular complexity index is 560. The number of nitrogens with zero attached hydrogens (tertiary/aromatic N) is 2. The molecule has 1 saturated heterocycles. The molecular formula is C20H33N3O2. The topological polar surface area (TPSA) is 55.8 Å². The van der Waals surface area contributed by atoms with Crippen molar-refractivity contribution in [3.63, 3.8) is 0 Å². The van der Waals surface area contributed by atoms with Gasteiger partial charge in [-0.2, -0.15) is 0 Å². The molecule has 1 aromatic carbocycles. The Morgan fingerprint density at radius 2 is 1.84 bits per heavy atom. The van der Waals surface area contributed by atoms with Gasteiger partial charge in [-0.3, -0.25) is 15.0 Å². The number of para-hydroxylation sites is 1. The Balaban J connectivity index is 1.91. The molecule has 1 aliphatic rings. The number of carbonyl (C=O) groups is 1. The molecule has 1 aliphatic heterocycles. The molecule has 25 heavy (non-hydrogen) atoms. The molecule has 0 aromatic heterocycles. The van der Waals surface area contributed by atoms with E-state index in [1.807, 2.05) is 11.8 Å². The van der Waals surface area contributed by atoms with Crippen molar-refractivity contribution in [1.29, 1.82) is 0 Å². The molecule has 0 amide bonds. The quantitative estimate of drug-likeness (QED) is 0.742. The zero-order chi connectivity index (χ0) is 18.4. The van der Waals surface area contributed by atoms with Crippen molar-refractivity contribution in [3.8, 4) is 0 Å². The van der Waals surface area contributed by atoms with Gasteiger partial charge in [0.2, 0.25) is 0 Å². The van der Waals surface area contributed by atoms with E-state index in [4.69, 9.17) is 0 Å². The number of hydrogen-bond acceptors (Lipinski definition) is 5. The van der Waals surface area contributed by atoms with Crippen molar-refractivity contribution in [2.75, 3.05) is 37.6 Å². The maximum Gasteiger partial charge on any atom is 0.163 e. The van der Waals surface area contributed by atoms with E-state index < -0.39 is 6.35 Å². The first-order valence-electron chi connectivity index (χ1n) is 9.34. The van der Waals surface area contributed by atoms with Crippen molar-refractivity contribution in [2.24, 2.45) is 0 Å². The van der Waals surface area contributed by atoms with Gasteiger partial charge in [0, 0.05) is 38.3 Å². The van der Waals surface area contributed by atoms with Crippen molar-refractivity contribution in [1.82, 2.24) is 10.2 Å². The van der Waals surface area contributed by atoms with Crippen LogP contribution < -0.4 is 10.2 Å². The van der Waals surface area contributed by atoms with E-state index in [1.54, 1.807) is 0 Å². The number of aliphatic hydroxyl groups is 1. The Hall–Kier alpha value is -1.43. The van der Waals surface area contributed by atoms with Crippen molar-refractivity contribution in [3.05, 3.63) is 29.8 Å². The number of benzene rings is 1. The number of carbonyl (C=O) groups excluding carboxylic acids is 1. The number of aliphatic hydroxyl groups excluding tert-OH is 1. The second-order valence-corrected chi connectivity index (χ2v) is 7.83. The van der Waals surface area contributed by atoms with Crippen molar-refractivity contribution < 1.29 is 9.90 Å². The normalized spacial score (nSPS) is 17.6. The van der Waals surface area contributed by atoms with Gasteiger partial charge in [-0.15, -0.1) is 0 Å². The number of hydrogen-bond donors (Lipinski definition) is 2. The third kappa shape index (κ3) is 5.53. The van der Waals surface area contributed by atoms with Gasteiger partial charge in [-0.05, 0) is 23.5 Å². The predicted octanol–water partition coefficient (Wildman–Crippen LogP) is 2.34. The minimum absolute atomic E-state index is 0.106. The van der Waals surface area contributed by atoms with E-state index >= 15 is 0 Å². The minimum atomic E-state index is -0.749. The predicted molar refractivity (Wildman–Crippen MR) is 103 cm³/mol. The molecule has 2 N–H and O–H groups in total. The highest BCUT2D eigenvalue weighted by atomic mass is 16.3. The summed E-state index contributed by atoms with van der Waals surface area (Å²) in [6.45, 7) is 12.2. The van der Waals surface area contributed by atoms with Crippen LogP contribution in [0.2, 0.25) is 0 Å². The van der Waals surface area contributed by atoms with Crippen LogP contribution in [0.4, 0.5) is 5.69 Å². The lowest BCUT2D eigenvalue weighted by molar-refractivity contribution is -0.120. The Morgan fingerprint density at radius 3 is 2.44 bits per heavy atom. The molecule has 1 heterocycles. The van der Waals surface area contributed by atoms with E-state index in [2.05, 4.69) is 55.3 Å². The monoisotopic (exact) mass is 347 g/mol. The summed E-state index contributed by atoms with van der Waals surface area (Å²) in [5.74, 6) is 0.152. The van der Waals surface area contributed by atoms with E-state index in [0.29, 0.717) is 6.42 Å². The molecule has 140 valence electrons. The summed E-state index contributed by atoms with van der Waals surface area (Å²) >= 11 is 0. The van der Waals surface area contributed by atoms with Crippen molar-refractivity contribution >= 4 is 11.5 Å². The number of rotatable bonds is 7. The summed E-state index contributed by atoms with van der Waals surface area (Å²) in [6.07, 6.45) is 0.667. The van der Waals surface area contributed by atoms with Gasteiger partial charge >= 0.3 is 0 Å². The Kier molecular flexibility index (Phi) is 6.99. The van der Waals surface area contributed by atoms with Crippen LogP contribution in [0.5, 0.6) is 0 Å². The van der Waals surface area contributed by atoms with Crippen LogP contribution in [-0.2, 0) is 10.2 Å². The van der Waals surface area contributed by atoms with E-state index in [1.165, 1.54) is 11.3 Å². The van der Waals surface area contributed by atoms with Crippen LogP contribution in [0.15, 0.2) is 24.3 Å². The fraction of sp³-hybridized carbons (Fsp3) is 0.650. The largest absolute Gasteiger partial charge is 0.369 e. The summed E-state index contributed by atoms with van der Waals surface area (Å²) in [4.78, 5) is 16.0. The van der Waals surface area contributed by atoms with Crippen LogP contribution >= 0.6 is 0 Å². The SMILES string of the molecule is CCCC(=O)CN[C@H](O)N1CCN(c2ccccc2C(C)(C)C)CC1. The molecule has 2 rings (SSSR count). The maximum absolute atomic E-state index is 11.6. The lowest BCUT2D eigenvalue weighted by atomic mass is 9.85. The summed E-state index contributed by atoms with van der Waals surface area (Å²) < 4.78 is 0. The zero-order valence-electron chi connectivity index (χ0n) is 16.1. The van der Waals surface area contributed by atoms with Crippen LogP contribution in [0.1, 0.15) is 46.1 Å². The van der Waals surface area contributed by atoms with Crippen LogP contribution in [0.3, 0.4) is 0 Å². The Labute approximate surface area is 152 Å². The second-order valence-electron chi connectivity index (χ2n) is 7.83. The van der Waals surface area contributed by atoms with Gasteiger partial charge in [0.15, 0.2) is 6.35 Å². The maximum atomic E-state index is 11.6. The number of ketones is 1. The Morgan fingerprint density at radius 1 is 1.20 bits per heavy atom. The van der Waals surface area contributed by atoms with Crippen molar-refractivity contribution in [2.45, 2.75) is 52.3 Å². The van der Waals surface area contributed by atoms with Gasteiger partial charge in [0.1, 0.15) is 5.78 Å². The van der Waals surface area contributed by atoms with Gasteiger partial charge in [-0.1, -0.05) is 45.9 Å². The molecular weight excluding hydrogens is 314 g/mol. The molecule has 0 bridgehead atoms. The highest BCUT2D eigenvalue weighted by Crippen LogP contribution is 2.32. The number of piperazine rings is 1. The third-order valence-electron chi connectivity index (χ3n) is 4.72. The smallest absolute Gasteiger partial charge is 0.163 e. The highest BCUT2D eigenvalue weighted by Gasteiger charge is 2.26. The van der Waals surface area contributed by atoms with Crippen LogP contribution in [0, 0.1) is 0 Å². The average molecular weight is 348 g/mol. The van der Waals surface area contributed by atoms with Gasteiger partial charge in [0.25, 0.3) is 0 Å². The molecule has 0 unspecified atom stereocenters. The number of anilines is 1. The zero-order valence-corrected chi connectivity index (χ0v) is 16.1. The summed E-state index contributed by atoms with van der Waals surface area (Å²) in [5, 5.41) is 13.2. The molecule has 0 spiro atoms. The summed E-state index contributed by atoms with van der Waals surface area (Å²) in [5.41, 5.74) is 2.75. The standard InChI is InChI=1S/C20H33N3O2/c1-5-8-16(24)15-21-19(25)23-13-11-22(12-14-23)18-10-7-6-9-17(18)20(2,3)4/h6-7,9-10,19,21,25H,5,8,11-15H2,1-4H3/t19-/m0/s1. The molecule has 1 fully saturated rings. The summed E-state index contributed by atoms with van der Waals surface area (Å²) in [7, 11) is 0. The first-order valence-corrected chi connectivity index (χ1v) is 9.34. The number of nitrogens with one attached hydrogen (secondary N) is 1. The van der Waals surface area contributed by atoms with Gasteiger partial charge in [0.05, 0.1) is 6.54 Å². The number of Topliss-reactive ketones (excluding diaryl/α,β-unsaturated/α-hetero) is 1. The average Bonchev–Trinajstić information content (AvgIpc) is 2.59. The molecule has 0 saturated carbocycles. The minimum Gasteiger partial charge on any atom is -0.369 e. The van der Waals surface area contributed by atoms with Crippen LogP contribution in [-0.4, -0.2) is 54.9 Å². The molecule has 1 aromatic rings. The first-order chi connectivity index (χ1) is 11.8. The molecule has 0 aliphatic carbocycles. The molecule has 5 nitrogen and oxygen atoms in total. The third-order valence-corrected chi connectivity index (χ3v) is 4.72. The fourth-order valence-corrected chi connectivity index (χ4v) is 3.29. The second kappa shape index (κ2) is 8.79.